The Morgan fingerprint density at radius 1 is 1.15 bits per heavy atom. The average molecular weight is 401 g/mol. The SMILES string of the molecule is Cn1c(SC[C@H]2CN(c3ccccc3)C(=O)O2)nnc1-c1ccccc1Cl. The smallest absolute Gasteiger partial charge is 0.414 e. The Bertz CT molecular complexity index is 963. The van der Waals surface area contributed by atoms with Gasteiger partial charge in [-0.2, -0.15) is 0 Å². The molecule has 2 heterocycles. The number of para-hydroxylation sites is 1. The summed E-state index contributed by atoms with van der Waals surface area (Å²) in [5.74, 6) is 1.31. The predicted molar refractivity (Wildman–Crippen MR) is 106 cm³/mol. The highest BCUT2D eigenvalue weighted by Crippen LogP contribution is 2.29. The van der Waals surface area contributed by atoms with Crippen LogP contribution in [0.2, 0.25) is 5.02 Å². The summed E-state index contributed by atoms with van der Waals surface area (Å²) in [6.45, 7) is 0.519. The normalized spacial score (nSPS) is 16.6. The fourth-order valence-electron chi connectivity index (χ4n) is 2.91. The van der Waals surface area contributed by atoms with Gasteiger partial charge in [0.1, 0.15) is 6.10 Å². The molecule has 1 amide bonds. The third-order valence-electron chi connectivity index (χ3n) is 4.29. The van der Waals surface area contributed by atoms with Crippen molar-refractivity contribution < 1.29 is 9.53 Å². The maximum atomic E-state index is 12.1. The first-order valence-electron chi connectivity index (χ1n) is 8.44. The summed E-state index contributed by atoms with van der Waals surface area (Å²) in [4.78, 5) is 13.8. The second kappa shape index (κ2) is 7.62. The summed E-state index contributed by atoms with van der Waals surface area (Å²) >= 11 is 7.77. The highest BCUT2D eigenvalue weighted by Gasteiger charge is 2.32. The molecule has 8 heteroatoms. The minimum atomic E-state index is -0.318. The molecular formula is C19H17ClN4O2S. The van der Waals surface area contributed by atoms with Gasteiger partial charge in [0.2, 0.25) is 0 Å². The molecule has 1 aromatic heterocycles. The van der Waals surface area contributed by atoms with E-state index in [0.717, 1.165) is 16.4 Å². The predicted octanol–water partition coefficient (Wildman–Crippen LogP) is 4.25. The lowest BCUT2D eigenvalue weighted by Crippen LogP contribution is -2.24. The van der Waals surface area contributed by atoms with E-state index in [0.29, 0.717) is 23.1 Å². The number of ether oxygens (including phenoxy) is 1. The van der Waals surface area contributed by atoms with Crippen LogP contribution in [0.1, 0.15) is 0 Å². The van der Waals surface area contributed by atoms with Crippen molar-refractivity contribution in [1.82, 2.24) is 14.8 Å². The molecule has 1 aliphatic heterocycles. The third kappa shape index (κ3) is 3.65. The van der Waals surface area contributed by atoms with Crippen molar-refractivity contribution >= 4 is 35.1 Å². The van der Waals surface area contributed by atoms with E-state index in [4.69, 9.17) is 16.3 Å². The molecule has 0 spiro atoms. The topological polar surface area (TPSA) is 60.2 Å². The van der Waals surface area contributed by atoms with Crippen molar-refractivity contribution in [3.8, 4) is 11.4 Å². The van der Waals surface area contributed by atoms with Crippen LogP contribution < -0.4 is 4.90 Å². The van der Waals surface area contributed by atoms with Crippen molar-refractivity contribution in [2.75, 3.05) is 17.2 Å². The zero-order valence-electron chi connectivity index (χ0n) is 14.6. The third-order valence-corrected chi connectivity index (χ3v) is 5.77. The number of rotatable bonds is 5. The van der Waals surface area contributed by atoms with Crippen molar-refractivity contribution in [1.29, 1.82) is 0 Å². The molecular weight excluding hydrogens is 384 g/mol. The maximum Gasteiger partial charge on any atom is 0.414 e. The number of carbonyl (C=O) groups excluding carboxylic acids is 1. The molecule has 3 aromatic rings. The number of carbonyl (C=O) groups is 1. The monoisotopic (exact) mass is 400 g/mol. The zero-order chi connectivity index (χ0) is 18.8. The number of hydrogen-bond acceptors (Lipinski definition) is 5. The highest BCUT2D eigenvalue weighted by atomic mass is 35.5. The van der Waals surface area contributed by atoms with Gasteiger partial charge in [-0.15, -0.1) is 10.2 Å². The van der Waals surface area contributed by atoms with Crippen LogP contribution in [0.15, 0.2) is 59.8 Å². The van der Waals surface area contributed by atoms with Gasteiger partial charge in [0.15, 0.2) is 11.0 Å². The number of nitrogens with zero attached hydrogens (tertiary/aromatic N) is 4. The van der Waals surface area contributed by atoms with Crippen LogP contribution in [0.5, 0.6) is 0 Å². The molecule has 1 fully saturated rings. The summed E-state index contributed by atoms with van der Waals surface area (Å²) in [6, 6.07) is 17.1. The number of cyclic esters (lactones) is 1. The van der Waals surface area contributed by atoms with Crippen molar-refractivity contribution in [2.45, 2.75) is 11.3 Å². The Balaban J connectivity index is 1.43. The molecule has 6 nitrogen and oxygen atoms in total. The van der Waals surface area contributed by atoms with Gasteiger partial charge in [-0.3, -0.25) is 4.90 Å². The van der Waals surface area contributed by atoms with Crippen LogP contribution in [-0.2, 0) is 11.8 Å². The van der Waals surface area contributed by atoms with Crippen molar-refractivity contribution in [3.63, 3.8) is 0 Å². The van der Waals surface area contributed by atoms with E-state index in [1.807, 2.05) is 66.2 Å². The molecule has 0 aliphatic carbocycles. The van der Waals surface area contributed by atoms with Gasteiger partial charge < -0.3 is 9.30 Å². The fraction of sp³-hybridized carbons (Fsp3) is 0.211. The van der Waals surface area contributed by atoms with E-state index < -0.39 is 0 Å². The molecule has 1 aliphatic rings. The number of aromatic nitrogens is 3. The first kappa shape index (κ1) is 17.9. The van der Waals surface area contributed by atoms with Gasteiger partial charge in [-0.05, 0) is 24.3 Å². The summed E-state index contributed by atoms with van der Waals surface area (Å²) < 4.78 is 7.39. The molecule has 0 bridgehead atoms. The number of amides is 1. The van der Waals surface area contributed by atoms with Gasteiger partial charge in [0.25, 0.3) is 0 Å². The van der Waals surface area contributed by atoms with Gasteiger partial charge in [0, 0.05) is 24.1 Å². The second-order valence-electron chi connectivity index (χ2n) is 6.11. The molecule has 27 heavy (non-hydrogen) atoms. The Labute approximate surface area is 166 Å². The maximum absolute atomic E-state index is 12.1. The molecule has 0 saturated carbocycles. The Kier molecular flexibility index (Phi) is 5.05. The fourth-order valence-corrected chi connectivity index (χ4v) is 4.02. The summed E-state index contributed by atoms with van der Waals surface area (Å²) in [5.41, 5.74) is 1.68. The minimum Gasteiger partial charge on any atom is -0.443 e. The number of benzene rings is 2. The molecule has 0 N–H and O–H groups in total. The quantitative estimate of drug-likeness (QED) is 0.599. The molecule has 1 saturated heterocycles. The largest absolute Gasteiger partial charge is 0.443 e. The molecule has 138 valence electrons. The first-order chi connectivity index (χ1) is 13.1. The average Bonchev–Trinajstić information content (AvgIpc) is 3.24. The van der Waals surface area contributed by atoms with E-state index >= 15 is 0 Å². The van der Waals surface area contributed by atoms with Crippen molar-refractivity contribution in [2.24, 2.45) is 7.05 Å². The Hall–Kier alpha value is -2.51. The van der Waals surface area contributed by atoms with E-state index in [9.17, 15) is 4.79 Å². The van der Waals surface area contributed by atoms with E-state index in [-0.39, 0.29) is 12.2 Å². The van der Waals surface area contributed by atoms with E-state index in [1.165, 1.54) is 11.8 Å². The number of anilines is 1. The van der Waals surface area contributed by atoms with Gasteiger partial charge in [-0.25, -0.2) is 4.79 Å². The van der Waals surface area contributed by atoms with Crippen molar-refractivity contribution in [3.05, 3.63) is 59.6 Å². The van der Waals surface area contributed by atoms with Crippen LogP contribution in [0.25, 0.3) is 11.4 Å². The van der Waals surface area contributed by atoms with Crippen LogP contribution >= 0.6 is 23.4 Å². The lowest BCUT2D eigenvalue weighted by atomic mass is 10.2. The van der Waals surface area contributed by atoms with Gasteiger partial charge in [0.05, 0.1) is 11.6 Å². The molecule has 2 aromatic carbocycles. The molecule has 4 rings (SSSR count). The van der Waals surface area contributed by atoms with E-state index in [1.54, 1.807) is 4.90 Å². The Morgan fingerprint density at radius 2 is 1.89 bits per heavy atom. The minimum absolute atomic E-state index is 0.205. The molecule has 0 radical (unpaired) electrons. The summed E-state index contributed by atoms with van der Waals surface area (Å²) in [7, 11) is 1.90. The van der Waals surface area contributed by atoms with Crippen LogP contribution in [0.3, 0.4) is 0 Å². The molecule has 0 unspecified atom stereocenters. The first-order valence-corrected chi connectivity index (χ1v) is 9.80. The number of thioether (sulfide) groups is 1. The summed E-state index contributed by atoms with van der Waals surface area (Å²) in [5, 5.41) is 9.89. The standard InChI is InChI=1S/C19H17ClN4O2S/c1-23-17(15-9-5-6-10-16(15)20)21-22-18(23)27-12-14-11-24(19(25)26-14)13-7-3-2-4-8-13/h2-10,14H,11-12H2,1H3/t14-/m1/s1. The van der Waals surface area contributed by atoms with Gasteiger partial charge >= 0.3 is 6.09 Å². The lowest BCUT2D eigenvalue weighted by molar-refractivity contribution is 0.151. The molecule has 1 atom stereocenters. The van der Waals surface area contributed by atoms with Crippen LogP contribution in [0.4, 0.5) is 10.5 Å². The summed E-state index contributed by atoms with van der Waals surface area (Å²) in [6.07, 6.45) is -0.523. The zero-order valence-corrected chi connectivity index (χ0v) is 16.2. The lowest BCUT2D eigenvalue weighted by Gasteiger charge is -2.12. The second-order valence-corrected chi connectivity index (χ2v) is 7.50. The van der Waals surface area contributed by atoms with Gasteiger partial charge in [-0.1, -0.05) is 53.7 Å². The van der Waals surface area contributed by atoms with E-state index in [2.05, 4.69) is 10.2 Å². The van der Waals surface area contributed by atoms with Crippen LogP contribution in [-0.4, -0.2) is 39.3 Å². The number of hydrogen-bond donors (Lipinski definition) is 0. The number of halogens is 1. The van der Waals surface area contributed by atoms with Crippen LogP contribution in [0, 0.1) is 0 Å². The highest BCUT2D eigenvalue weighted by molar-refractivity contribution is 7.99. The Morgan fingerprint density at radius 3 is 2.67 bits per heavy atom.